The number of fused-ring (bicyclic) bond motifs is 5. The zero-order valence-corrected chi connectivity index (χ0v) is 25.4. The molecule has 5 aromatic carbocycles. The third-order valence-corrected chi connectivity index (χ3v) is 9.12. The van der Waals surface area contributed by atoms with Crippen LogP contribution in [-0.4, -0.2) is 21.5 Å². The number of hydrogen-bond acceptors (Lipinski definition) is 5. The highest BCUT2D eigenvalue weighted by atomic mass is 19.4. The average molecular weight is 626 g/mol. The van der Waals surface area contributed by atoms with Gasteiger partial charge in [0.1, 0.15) is 5.78 Å². The monoisotopic (exact) mass is 625 g/mol. The SMILES string of the molecule is CC(=O)c1c(C)c2ccccc2c2ccc3c(c12)C(c1ccnc(-c2ccc(C#N)cc2)n1)CC(=O)C3c1cccc(C(F)(F)F)c1. The molecule has 6 aromatic rings. The summed E-state index contributed by atoms with van der Waals surface area (Å²) in [6.45, 7) is 3.41. The van der Waals surface area contributed by atoms with E-state index in [0.29, 0.717) is 44.7 Å². The van der Waals surface area contributed by atoms with Crippen molar-refractivity contribution >= 4 is 33.1 Å². The molecule has 0 bridgehead atoms. The van der Waals surface area contributed by atoms with Gasteiger partial charge in [0.2, 0.25) is 0 Å². The van der Waals surface area contributed by atoms with Crippen molar-refractivity contribution in [1.82, 2.24) is 9.97 Å². The average Bonchev–Trinajstić information content (AvgIpc) is 3.07. The minimum Gasteiger partial charge on any atom is -0.299 e. The van der Waals surface area contributed by atoms with E-state index in [0.717, 1.165) is 33.9 Å². The van der Waals surface area contributed by atoms with Crippen LogP contribution >= 0.6 is 0 Å². The van der Waals surface area contributed by atoms with Gasteiger partial charge in [0.15, 0.2) is 11.6 Å². The van der Waals surface area contributed by atoms with Gasteiger partial charge in [0.05, 0.1) is 28.8 Å². The molecule has 0 amide bonds. The molecule has 0 fully saturated rings. The lowest BCUT2D eigenvalue weighted by Crippen LogP contribution is -2.27. The van der Waals surface area contributed by atoms with Gasteiger partial charge < -0.3 is 0 Å². The predicted octanol–water partition coefficient (Wildman–Crippen LogP) is 9.09. The lowest BCUT2D eigenvalue weighted by molar-refractivity contribution is -0.137. The molecule has 7 rings (SSSR count). The van der Waals surface area contributed by atoms with Gasteiger partial charge in [-0.1, -0.05) is 54.6 Å². The first-order chi connectivity index (χ1) is 22.6. The van der Waals surface area contributed by atoms with Crippen molar-refractivity contribution in [2.45, 2.75) is 38.3 Å². The zero-order chi connectivity index (χ0) is 33.0. The predicted molar refractivity (Wildman–Crippen MR) is 173 cm³/mol. The first-order valence-corrected chi connectivity index (χ1v) is 15.1. The Labute approximate surface area is 268 Å². The maximum Gasteiger partial charge on any atom is 0.416 e. The Hall–Kier alpha value is -5.68. The minimum atomic E-state index is -4.58. The summed E-state index contributed by atoms with van der Waals surface area (Å²) >= 11 is 0. The normalized spacial score (nSPS) is 16.2. The molecule has 47 heavy (non-hydrogen) atoms. The van der Waals surface area contributed by atoms with Crippen molar-refractivity contribution < 1.29 is 22.8 Å². The van der Waals surface area contributed by atoms with E-state index < -0.39 is 23.6 Å². The van der Waals surface area contributed by atoms with Crippen molar-refractivity contribution in [3.63, 3.8) is 0 Å². The number of nitrogens with zero attached hydrogens (tertiary/aromatic N) is 3. The van der Waals surface area contributed by atoms with Crippen LogP contribution in [0.3, 0.4) is 0 Å². The fraction of sp³-hybridized carbons (Fsp3) is 0.154. The molecular weight excluding hydrogens is 599 g/mol. The first kappa shape index (κ1) is 30.0. The van der Waals surface area contributed by atoms with Crippen LogP contribution in [0.1, 0.15) is 74.6 Å². The van der Waals surface area contributed by atoms with Crippen LogP contribution in [0.2, 0.25) is 0 Å². The fourth-order valence-corrected chi connectivity index (χ4v) is 7.07. The molecule has 1 aliphatic carbocycles. The molecule has 0 saturated carbocycles. The van der Waals surface area contributed by atoms with Gasteiger partial charge in [-0.25, -0.2) is 9.97 Å². The summed E-state index contributed by atoms with van der Waals surface area (Å²) in [6, 6.07) is 27.1. The van der Waals surface area contributed by atoms with Crippen LogP contribution in [0.4, 0.5) is 13.2 Å². The number of Topliss-reactive ketones (excluding diaryl/α,β-unsaturated/α-hetero) is 2. The van der Waals surface area contributed by atoms with Crippen LogP contribution in [0.15, 0.2) is 97.2 Å². The van der Waals surface area contributed by atoms with Gasteiger partial charge in [-0.2, -0.15) is 18.4 Å². The largest absolute Gasteiger partial charge is 0.416 e. The molecule has 8 heteroatoms. The van der Waals surface area contributed by atoms with E-state index in [9.17, 15) is 28.0 Å². The summed E-state index contributed by atoms with van der Waals surface area (Å²) in [7, 11) is 0. The molecule has 2 atom stereocenters. The molecule has 0 spiro atoms. The lowest BCUT2D eigenvalue weighted by atomic mass is 9.69. The summed E-state index contributed by atoms with van der Waals surface area (Å²) < 4.78 is 41.5. The van der Waals surface area contributed by atoms with Gasteiger partial charge in [0, 0.05) is 29.7 Å². The second-order valence-electron chi connectivity index (χ2n) is 11.9. The van der Waals surface area contributed by atoms with E-state index in [-0.39, 0.29) is 23.6 Å². The van der Waals surface area contributed by atoms with Crippen molar-refractivity contribution in [1.29, 1.82) is 5.26 Å². The quantitative estimate of drug-likeness (QED) is 0.144. The van der Waals surface area contributed by atoms with Crippen LogP contribution in [-0.2, 0) is 11.0 Å². The highest BCUT2D eigenvalue weighted by Crippen LogP contribution is 2.49. The Bertz CT molecular complexity index is 2300. The number of ketones is 2. The molecule has 1 aliphatic rings. The molecule has 1 heterocycles. The summed E-state index contributed by atoms with van der Waals surface area (Å²) in [4.78, 5) is 37.0. The van der Waals surface area contributed by atoms with Crippen LogP contribution in [0.5, 0.6) is 0 Å². The zero-order valence-electron chi connectivity index (χ0n) is 25.4. The number of carbonyl (C=O) groups excluding carboxylic acids is 2. The van der Waals surface area contributed by atoms with Gasteiger partial charge >= 0.3 is 6.18 Å². The Morgan fingerprint density at radius 3 is 2.36 bits per heavy atom. The van der Waals surface area contributed by atoms with E-state index in [1.807, 2.05) is 43.3 Å². The van der Waals surface area contributed by atoms with E-state index in [1.54, 1.807) is 42.6 Å². The van der Waals surface area contributed by atoms with E-state index in [1.165, 1.54) is 13.0 Å². The van der Waals surface area contributed by atoms with Gasteiger partial charge in [-0.3, -0.25) is 9.59 Å². The number of nitriles is 1. The van der Waals surface area contributed by atoms with Gasteiger partial charge in [0.25, 0.3) is 0 Å². The van der Waals surface area contributed by atoms with E-state index >= 15 is 0 Å². The van der Waals surface area contributed by atoms with E-state index in [4.69, 9.17) is 4.98 Å². The molecule has 0 saturated heterocycles. The number of aryl methyl sites for hydroxylation is 1. The Morgan fingerprint density at radius 1 is 0.915 bits per heavy atom. The summed E-state index contributed by atoms with van der Waals surface area (Å²) in [5.41, 5.74) is 3.68. The highest BCUT2D eigenvalue weighted by Gasteiger charge is 2.40. The maximum atomic E-state index is 14.1. The number of benzene rings is 5. The maximum absolute atomic E-state index is 14.1. The topological polar surface area (TPSA) is 83.7 Å². The summed E-state index contributed by atoms with van der Waals surface area (Å²) in [6.07, 6.45) is -3.01. The van der Waals surface area contributed by atoms with Crippen molar-refractivity contribution in [3.8, 4) is 17.5 Å². The Balaban J connectivity index is 1.54. The summed E-state index contributed by atoms with van der Waals surface area (Å²) in [5, 5.41) is 12.6. The number of rotatable bonds is 4. The standard InChI is InChI=1S/C39H26F3N3O2/c1-21-27-8-3-4-9-28(27)29-14-15-30-35(25-6-5-7-26(18-25)39(40,41)42)33(47)19-31(36(30)37(29)34(21)22(2)46)32-16-17-44-38(45-32)24-12-10-23(20-43)11-13-24/h3-18,31,35H,19H2,1-2H3. The van der Waals surface area contributed by atoms with Gasteiger partial charge in [-0.05, 0) is 94.0 Å². The van der Waals surface area contributed by atoms with Crippen molar-refractivity contribution in [3.05, 3.63) is 142 Å². The molecule has 0 N–H and O–H groups in total. The molecule has 1 aromatic heterocycles. The third kappa shape index (κ3) is 5.05. The second-order valence-corrected chi connectivity index (χ2v) is 11.9. The Kier molecular flexibility index (Phi) is 7.20. The third-order valence-electron chi connectivity index (χ3n) is 9.12. The molecular formula is C39H26F3N3O2. The van der Waals surface area contributed by atoms with Crippen molar-refractivity contribution in [2.24, 2.45) is 0 Å². The number of aromatic nitrogens is 2. The molecule has 230 valence electrons. The molecule has 2 unspecified atom stereocenters. The second kappa shape index (κ2) is 11.3. The van der Waals surface area contributed by atoms with Crippen LogP contribution in [0.25, 0.3) is 32.9 Å². The number of alkyl halides is 3. The number of hydrogen-bond donors (Lipinski definition) is 0. The molecule has 5 nitrogen and oxygen atoms in total. The number of halogens is 3. The first-order valence-electron chi connectivity index (χ1n) is 15.1. The van der Waals surface area contributed by atoms with Crippen LogP contribution in [0, 0.1) is 18.3 Å². The van der Waals surface area contributed by atoms with Crippen molar-refractivity contribution in [2.75, 3.05) is 0 Å². The van der Waals surface area contributed by atoms with Crippen LogP contribution < -0.4 is 0 Å². The summed E-state index contributed by atoms with van der Waals surface area (Å²) in [5.74, 6) is -1.59. The molecule has 0 aliphatic heterocycles. The Morgan fingerprint density at radius 2 is 1.66 bits per heavy atom. The highest BCUT2D eigenvalue weighted by molar-refractivity contribution is 6.20. The fourth-order valence-electron chi connectivity index (χ4n) is 7.07. The number of carbonyl (C=O) groups is 2. The van der Waals surface area contributed by atoms with E-state index in [2.05, 4.69) is 11.1 Å². The van der Waals surface area contributed by atoms with Gasteiger partial charge in [-0.15, -0.1) is 0 Å². The smallest absolute Gasteiger partial charge is 0.299 e. The molecule has 0 radical (unpaired) electrons. The minimum absolute atomic E-state index is 0.0416. The lowest BCUT2D eigenvalue weighted by Gasteiger charge is -2.33.